The third-order valence-electron chi connectivity index (χ3n) is 6.20. The zero-order valence-corrected chi connectivity index (χ0v) is 18.2. The summed E-state index contributed by atoms with van der Waals surface area (Å²) in [6, 6.07) is 8.97. The standard InChI is InChI=1S/C24H24F5N3O2/c25-19-5-4-15(13-30)12-17(19)16-6-8-31(9-7-16)23(33)18-14-32(10-11-34-24(27,28)29)21-3-1-2-20(26)22(18)21/h1-5,12,14,16H,6-11,13,30H2. The van der Waals surface area contributed by atoms with E-state index in [2.05, 4.69) is 4.74 Å². The van der Waals surface area contributed by atoms with Crippen LogP contribution in [-0.4, -0.2) is 41.4 Å². The number of hydrogen-bond donors (Lipinski definition) is 1. The van der Waals surface area contributed by atoms with E-state index >= 15 is 0 Å². The van der Waals surface area contributed by atoms with Crippen LogP contribution in [0.15, 0.2) is 42.6 Å². The fourth-order valence-corrected chi connectivity index (χ4v) is 4.51. The van der Waals surface area contributed by atoms with Crippen molar-refractivity contribution in [1.82, 2.24) is 9.47 Å². The molecule has 0 bridgehead atoms. The third-order valence-corrected chi connectivity index (χ3v) is 6.20. The molecule has 2 heterocycles. The second-order valence-electron chi connectivity index (χ2n) is 8.29. The molecule has 0 aliphatic carbocycles. The van der Waals surface area contributed by atoms with Gasteiger partial charge in [0.25, 0.3) is 5.91 Å². The van der Waals surface area contributed by atoms with Crippen LogP contribution in [-0.2, 0) is 17.8 Å². The van der Waals surface area contributed by atoms with Crippen molar-refractivity contribution in [1.29, 1.82) is 0 Å². The molecule has 0 saturated carbocycles. The summed E-state index contributed by atoms with van der Waals surface area (Å²) in [5.41, 5.74) is 7.45. The summed E-state index contributed by atoms with van der Waals surface area (Å²) in [5.74, 6) is -1.44. The lowest BCUT2D eigenvalue weighted by Gasteiger charge is -2.32. The number of amides is 1. The lowest BCUT2D eigenvalue weighted by Crippen LogP contribution is -2.38. The van der Waals surface area contributed by atoms with Crippen molar-refractivity contribution >= 4 is 16.8 Å². The molecule has 1 amide bonds. The average Bonchev–Trinajstić information content (AvgIpc) is 3.18. The maximum Gasteiger partial charge on any atom is 0.522 e. The summed E-state index contributed by atoms with van der Waals surface area (Å²) in [7, 11) is 0. The van der Waals surface area contributed by atoms with Gasteiger partial charge in [-0.2, -0.15) is 0 Å². The smallest absolute Gasteiger partial charge is 0.344 e. The highest BCUT2D eigenvalue weighted by molar-refractivity contribution is 6.07. The van der Waals surface area contributed by atoms with Crippen molar-refractivity contribution < 1.29 is 31.5 Å². The lowest BCUT2D eigenvalue weighted by atomic mass is 9.88. The Morgan fingerprint density at radius 1 is 1.09 bits per heavy atom. The zero-order chi connectivity index (χ0) is 24.5. The van der Waals surface area contributed by atoms with Gasteiger partial charge < -0.3 is 15.2 Å². The maximum absolute atomic E-state index is 14.7. The molecule has 1 fully saturated rings. The van der Waals surface area contributed by atoms with Gasteiger partial charge in [0.05, 0.1) is 17.7 Å². The molecule has 1 aliphatic rings. The molecule has 5 nitrogen and oxygen atoms in total. The largest absolute Gasteiger partial charge is 0.522 e. The number of alkyl halides is 3. The molecule has 0 spiro atoms. The Bertz CT molecular complexity index is 1180. The Balaban J connectivity index is 1.52. The fourth-order valence-electron chi connectivity index (χ4n) is 4.51. The molecule has 182 valence electrons. The van der Waals surface area contributed by atoms with Crippen LogP contribution in [0.3, 0.4) is 0 Å². The van der Waals surface area contributed by atoms with Gasteiger partial charge in [-0.1, -0.05) is 18.2 Å². The van der Waals surface area contributed by atoms with Crippen LogP contribution in [0.5, 0.6) is 0 Å². The first-order chi connectivity index (χ1) is 16.2. The van der Waals surface area contributed by atoms with E-state index in [1.54, 1.807) is 23.1 Å². The Morgan fingerprint density at radius 2 is 1.82 bits per heavy atom. The Kier molecular flexibility index (Phi) is 6.90. The molecule has 34 heavy (non-hydrogen) atoms. The topological polar surface area (TPSA) is 60.5 Å². The van der Waals surface area contributed by atoms with Crippen molar-refractivity contribution in [2.45, 2.75) is 38.2 Å². The average molecular weight is 481 g/mol. The molecule has 0 atom stereocenters. The number of nitrogens with zero attached hydrogens (tertiary/aromatic N) is 2. The number of benzene rings is 2. The van der Waals surface area contributed by atoms with Gasteiger partial charge in [0, 0.05) is 37.8 Å². The number of likely N-dealkylation sites (tertiary alicyclic amines) is 1. The highest BCUT2D eigenvalue weighted by atomic mass is 19.4. The summed E-state index contributed by atoms with van der Waals surface area (Å²) >= 11 is 0. The number of ether oxygens (including phenoxy) is 1. The highest BCUT2D eigenvalue weighted by Gasteiger charge is 2.30. The molecule has 1 aromatic heterocycles. The zero-order valence-electron chi connectivity index (χ0n) is 18.2. The molecular weight excluding hydrogens is 457 g/mol. The Labute approximate surface area is 192 Å². The molecule has 10 heteroatoms. The summed E-state index contributed by atoms with van der Waals surface area (Å²) in [4.78, 5) is 14.8. The van der Waals surface area contributed by atoms with Crippen molar-refractivity contribution in [3.05, 3.63) is 70.9 Å². The van der Waals surface area contributed by atoms with Crippen LogP contribution in [0.1, 0.15) is 40.2 Å². The predicted octanol–water partition coefficient (Wildman–Crippen LogP) is 4.93. The van der Waals surface area contributed by atoms with Gasteiger partial charge >= 0.3 is 6.36 Å². The number of fused-ring (bicyclic) bond motifs is 1. The third kappa shape index (κ3) is 5.07. The second-order valence-corrected chi connectivity index (χ2v) is 8.29. The number of nitrogens with two attached hydrogens (primary N) is 1. The molecule has 2 N–H and O–H groups in total. The maximum atomic E-state index is 14.7. The molecule has 4 rings (SSSR count). The van der Waals surface area contributed by atoms with Gasteiger partial charge in [-0.15, -0.1) is 13.2 Å². The summed E-state index contributed by atoms with van der Waals surface area (Å²) in [6.07, 6.45) is -2.36. The summed E-state index contributed by atoms with van der Waals surface area (Å²) in [6.45, 7) is 0.109. The van der Waals surface area contributed by atoms with E-state index in [-0.39, 0.29) is 29.2 Å². The van der Waals surface area contributed by atoms with Gasteiger partial charge in [0.15, 0.2) is 0 Å². The molecular formula is C24H24F5N3O2. The molecule has 1 aliphatic heterocycles. The second kappa shape index (κ2) is 9.71. The van der Waals surface area contributed by atoms with E-state index in [0.29, 0.717) is 43.6 Å². The van der Waals surface area contributed by atoms with E-state index in [9.17, 15) is 26.7 Å². The SMILES string of the molecule is NCc1ccc(F)c(C2CCN(C(=O)c3cn(CCOC(F)(F)F)c4cccc(F)c34)CC2)c1. The number of piperidine rings is 1. The molecule has 3 aromatic rings. The minimum absolute atomic E-state index is 0.0586. The molecule has 1 saturated heterocycles. The number of halogens is 5. The monoisotopic (exact) mass is 481 g/mol. The van der Waals surface area contributed by atoms with Crippen LogP contribution < -0.4 is 5.73 Å². The lowest BCUT2D eigenvalue weighted by molar-refractivity contribution is -0.325. The van der Waals surface area contributed by atoms with Crippen LogP contribution in [0.2, 0.25) is 0 Å². The molecule has 0 unspecified atom stereocenters. The number of carbonyl (C=O) groups is 1. The minimum Gasteiger partial charge on any atom is -0.344 e. The van der Waals surface area contributed by atoms with Gasteiger partial charge in [-0.25, -0.2) is 8.78 Å². The van der Waals surface area contributed by atoms with Gasteiger partial charge in [-0.05, 0) is 48.1 Å². The number of rotatable bonds is 6. The van der Waals surface area contributed by atoms with Crippen molar-refractivity contribution in [2.75, 3.05) is 19.7 Å². The summed E-state index contributed by atoms with van der Waals surface area (Å²) in [5, 5.41) is 0.0586. The van der Waals surface area contributed by atoms with Crippen molar-refractivity contribution in [3.8, 4) is 0 Å². The molecule has 0 radical (unpaired) electrons. The van der Waals surface area contributed by atoms with E-state index in [1.807, 2.05) is 0 Å². The minimum atomic E-state index is -4.78. The van der Waals surface area contributed by atoms with Crippen LogP contribution >= 0.6 is 0 Å². The van der Waals surface area contributed by atoms with E-state index in [0.717, 1.165) is 5.56 Å². The van der Waals surface area contributed by atoms with Gasteiger partial charge in [-0.3, -0.25) is 9.53 Å². The molecule has 2 aromatic carbocycles. The van der Waals surface area contributed by atoms with Crippen LogP contribution in [0.4, 0.5) is 22.0 Å². The summed E-state index contributed by atoms with van der Waals surface area (Å²) < 4.78 is 71.3. The highest BCUT2D eigenvalue weighted by Crippen LogP contribution is 2.32. The number of hydrogen-bond acceptors (Lipinski definition) is 3. The first-order valence-corrected chi connectivity index (χ1v) is 10.9. The van der Waals surface area contributed by atoms with Gasteiger partial charge in [0.2, 0.25) is 0 Å². The Morgan fingerprint density at radius 3 is 2.50 bits per heavy atom. The van der Waals surface area contributed by atoms with Crippen molar-refractivity contribution in [2.24, 2.45) is 5.73 Å². The van der Waals surface area contributed by atoms with E-state index in [1.165, 1.54) is 29.0 Å². The van der Waals surface area contributed by atoms with E-state index < -0.39 is 24.7 Å². The van der Waals surface area contributed by atoms with Crippen molar-refractivity contribution in [3.63, 3.8) is 0 Å². The quantitative estimate of drug-likeness (QED) is 0.508. The van der Waals surface area contributed by atoms with Crippen LogP contribution in [0.25, 0.3) is 10.9 Å². The fraction of sp³-hybridized carbons (Fsp3) is 0.375. The number of aromatic nitrogens is 1. The predicted molar refractivity (Wildman–Crippen MR) is 116 cm³/mol. The number of carbonyl (C=O) groups excluding carboxylic acids is 1. The first kappa shape index (κ1) is 24.2. The first-order valence-electron chi connectivity index (χ1n) is 10.9. The van der Waals surface area contributed by atoms with Crippen LogP contribution in [0, 0.1) is 11.6 Å². The van der Waals surface area contributed by atoms with Gasteiger partial charge in [0.1, 0.15) is 11.6 Å². The van der Waals surface area contributed by atoms with E-state index in [4.69, 9.17) is 5.73 Å². The normalized spacial score (nSPS) is 15.3. The Hall–Kier alpha value is -2.98.